The number of aliphatic hydroxyl groups excluding tert-OH is 1. The molecule has 34 heavy (non-hydrogen) atoms. The van der Waals surface area contributed by atoms with Crippen LogP contribution in [0.4, 0.5) is 5.82 Å². The number of aliphatic hydroxyl groups is 1. The van der Waals surface area contributed by atoms with Crippen LogP contribution in [-0.4, -0.2) is 52.1 Å². The second-order valence-electron chi connectivity index (χ2n) is 8.65. The van der Waals surface area contributed by atoms with Crippen molar-refractivity contribution in [2.45, 2.75) is 31.0 Å². The maximum absolute atomic E-state index is 13.0. The van der Waals surface area contributed by atoms with Gasteiger partial charge in [-0.2, -0.15) is 0 Å². The Hall–Kier alpha value is -3.82. The monoisotopic (exact) mass is 458 g/mol. The first-order chi connectivity index (χ1) is 16.5. The van der Waals surface area contributed by atoms with Crippen molar-refractivity contribution >= 4 is 17.6 Å². The number of nitrogens with two attached hydrogens (primary N) is 1. The average molecular weight is 459 g/mol. The summed E-state index contributed by atoms with van der Waals surface area (Å²) in [5, 5.41) is 19.5. The van der Waals surface area contributed by atoms with Crippen LogP contribution < -0.4 is 21.7 Å². The second kappa shape index (κ2) is 9.20. The zero-order valence-corrected chi connectivity index (χ0v) is 18.5. The first-order valence-electron chi connectivity index (χ1n) is 11.3. The van der Waals surface area contributed by atoms with E-state index in [1.54, 1.807) is 24.3 Å². The van der Waals surface area contributed by atoms with E-state index < -0.39 is 12.1 Å². The van der Waals surface area contributed by atoms with Gasteiger partial charge in [0.2, 0.25) is 0 Å². The Morgan fingerprint density at radius 1 is 1.09 bits per heavy atom. The lowest BCUT2D eigenvalue weighted by molar-refractivity contribution is 0.0857. The van der Waals surface area contributed by atoms with E-state index >= 15 is 0 Å². The number of nitrogen functional groups attached to an aromatic ring is 1. The molecular weight excluding hydrogens is 432 g/mol. The lowest BCUT2D eigenvalue weighted by atomic mass is 10.1. The zero-order valence-electron chi connectivity index (χ0n) is 18.5. The third kappa shape index (κ3) is 4.35. The van der Waals surface area contributed by atoms with Gasteiger partial charge in [0, 0.05) is 30.1 Å². The Kier molecular flexibility index (Phi) is 5.95. The molecule has 3 atom stereocenters. The highest BCUT2D eigenvalue weighted by Crippen LogP contribution is 2.31. The van der Waals surface area contributed by atoms with Crippen molar-refractivity contribution in [3.8, 4) is 11.3 Å². The molecule has 0 spiro atoms. The average Bonchev–Trinajstić information content (AvgIpc) is 3.47. The van der Waals surface area contributed by atoms with Crippen LogP contribution in [0.3, 0.4) is 0 Å². The number of anilines is 1. The van der Waals surface area contributed by atoms with Gasteiger partial charge in [0.05, 0.1) is 24.0 Å². The number of carbonyl (C=O) groups excluding carboxylic acids is 2. The maximum atomic E-state index is 13.0. The van der Waals surface area contributed by atoms with Crippen molar-refractivity contribution in [1.82, 2.24) is 25.9 Å². The highest BCUT2D eigenvalue weighted by molar-refractivity contribution is 5.98. The third-order valence-electron chi connectivity index (χ3n) is 6.32. The van der Waals surface area contributed by atoms with Gasteiger partial charge in [0.1, 0.15) is 0 Å². The van der Waals surface area contributed by atoms with E-state index in [0.717, 1.165) is 24.1 Å². The summed E-state index contributed by atoms with van der Waals surface area (Å²) in [5.74, 6) is -0.629. The lowest BCUT2D eigenvalue weighted by Gasteiger charge is -2.18. The fourth-order valence-corrected chi connectivity index (χ4v) is 4.53. The topological polar surface area (TPSA) is 142 Å². The number of benzene rings is 2. The fourth-order valence-electron chi connectivity index (χ4n) is 4.53. The van der Waals surface area contributed by atoms with Crippen LogP contribution in [0.1, 0.15) is 44.4 Å². The normalized spacial score (nSPS) is 21.1. The summed E-state index contributed by atoms with van der Waals surface area (Å²) >= 11 is 0. The molecule has 0 bridgehead atoms. The molecule has 0 saturated carbocycles. The molecule has 3 aromatic rings. The summed E-state index contributed by atoms with van der Waals surface area (Å²) in [4.78, 5) is 34.3. The van der Waals surface area contributed by atoms with Crippen LogP contribution in [0.5, 0.6) is 0 Å². The van der Waals surface area contributed by atoms with E-state index in [-0.39, 0.29) is 29.4 Å². The molecule has 2 aromatic carbocycles. The molecule has 174 valence electrons. The molecule has 5 rings (SSSR count). The molecule has 9 heteroatoms. The van der Waals surface area contributed by atoms with Crippen molar-refractivity contribution in [2.75, 3.05) is 18.8 Å². The second-order valence-corrected chi connectivity index (χ2v) is 8.65. The Labute approximate surface area is 196 Å². The van der Waals surface area contributed by atoms with E-state index in [4.69, 9.17) is 5.73 Å². The van der Waals surface area contributed by atoms with E-state index in [2.05, 4.69) is 25.9 Å². The number of fused-ring (bicyclic) bond motifs is 1. The summed E-state index contributed by atoms with van der Waals surface area (Å²) in [6.07, 6.45) is 2.15. The van der Waals surface area contributed by atoms with Gasteiger partial charge < -0.3 is 26.8 Å². The summed E-state index contributed by atoms with van der Waals surface area (Å²) in [6, 6.07) is 14.2. The third-order valence-corrected chi connectivity index (χ3v) is 6.32. The van der Waals surface area contributed by atoms with Crippen LogP contribution in [0, 0.1) is 0 Å². The van der Waals surface area contributed by atoms with E-state index in [9.17, 15) is 14.7 Å². The Balaban J connectivity index is 1.36. The number of aromatic nitrogens is 2. The molecule has 2 aliphatic rings. The molecule has 1 saturated heterocycles. The molecule has 2 amide bonds. The highest BCUT2D eigenvalue weighted by Gasteiger charge is 2.32. The smallest absolute Gasteiger partial charge is 0.274 e. The molecule has 0 radical (unpaired) electrons. The largest absolute Gasteiger partial charge is 0.390 e. The fraction of sp³-hybridized carbons (Fsp3) is 0.280. The van der Waals surface area contributed by atoms with Crippen molar-refractivity contribution in [2.24, 2.45) is 0 Å². The summed E-state index contributed by atoms with van der Waals surface area (Å²) in [6.45, 7) is 1.56. The molecule has 9 nitrogen and oxygen atoms in total. The predicted octanol–water partition coefficient (Wildman–Crippen LogP) is 1.21. The van der Waals surface area contributed by atoms with Crippen molar-refractivity contribution < 1.29 is 14.7 Å². The van der Waals surface area contributed by atoms with E-state index in [1.165, 1.54) is 6.20 Å². The van der Waals surface area contributed by atoms with Crippen molar-refractivity contribution in [1.29, 1.82) is 0 Å². The molecule has 1 aliphatic heterocycles. The minimum Gasteiger partial charge on any atom is -0.390 e. The van der Waals surface area contributed by atoms with Gasteiger partial charge in [-0.3, -0.25) is 9.59 Å². The first kappa shape index (κ1) is 22.0. The Morgan fingerprint density at radius 2 is 1.94 bits per heavy atom. The minimum absolute atomic E-state index is 0.0282. The number of amides is 2. The quantitative estimate of drug-likeness (QED) is 0.387. The van der Waals surface area contributed by atoms with Gasteiger partial charge >= 0.3 is 0 Å². The zero-order chi connectivity index (χ0) is 23.7. The van der Waals surface area contributed by atoms with Crippen LogP contribution in [0.25, 0.3) is 11.3 Å². The van der Waals surface area contributed by atoms with Crippen molar-refractivity contribution in [3.05, 3.63) is 77.1 Å². The van der Waals surface area contributed by atoms with Gasteiger partial charge in [-0.15, -0.1) is 0 Å². The summed E-state index contributed by atoms with van der Waals surface area (Å²) in [5.41, 5.74) is 9.42. The van der Waals surface area contributed by atoms with Gasteiger partial charge in [-0.05, 0) is 36.2 Å². The molecule has 1 fully saturated rings. The van der Waals surface area contributed by atoms with E-state index in [0.29, 0.717) is 29.8 Å². The van der Waals surface area contributed by atoms with Crippen LogP contribution >= 0.6 is 0 Å². The van der Waals surface area contributed by atoms with Crippen LogP contribution in [0.2, 0.25) is 0 Å². The van der Waals surface area contributed by atoms with Gasteiger partial charge in [0.25, 0.3) is 11.8 Å². The molecule has 1 aliphatic carbocycles. The van der Waals surface area contributed by atoms with Gasteiger partial charge in [-0.1, -0.05) is 36.4 Å². The number of rotatable bonds is 5. The van der Waals surface area contributed by atoms with E-state index in [1.807, 2.05) is 24.3 Å². The standard InChI is InChI=1S/C25H26N6O3/c26-23-22(25(34)29-17-8-9-27-12-17)30-19(13-28-23)15-5-3-6-16(10-15)24(33)31-21-18-7-2-1-4-14(18)11-20(21)32/h1-7,10,13,17,20-21,27,32H,8-9,11-12H2,(H2,26,28)(H,29,34)(H,31,33)/t17-,20-,21+/m0/s1. The Morgan fingerprint density at radius 3 is 2.76 bits per heavy atom. The predicted molar refractivity (Wildman–Crippen MR) is 127 cm³/mol. The summed E-state index contributed by atoms with van der Waals surface area (Å²) in [7, 11) is 0. The van der Waals surface area contributed by atoms with Gasteiger partial charge in [0.15, 0.2) is 11.5 Å². The van der Waals surface area contributed by atoms with Crippen LogP contribution in [-0.2, 0) is 6.42 Å². The number of carbonyl (C=O) groups is 2. The van der Waals surface area contributed by atoms with Crippen molar-refractivity contribution in [3.63, 3.8) is 0 Å². The lowest BCUT2D eigenvalue weighted by Crippen LogP contribution is -2.37. The SMILES string of the molecule is Nc1ncc(-c2cccc(C(=O)N[C@@H]3c4ccccc4C[C@@H]3O)c2)nc1C(=O)N[C@H]1CCNC1. The molecule has 1 aromatic heterocycles. The van der Waals surface area contributed by atoms with Crippen LogP contribution in [0.15, 0.2) is 54.7 Å². The highest BCUT2D eigenvalue weighted by atomic mass is 16.3. The van der Waals surface area contributed by atoms with Gasteiger partial charge in [-0.25, -0.2) is 9.97 Å². The number of hydrogen-bond donors (Lipinski definition) is 5. The minimum atomic E-state index is -0.677. The Bertz CT molecular complexity index is 1240. The number of hydrogen-bond acceptors (Lipinski definition) is 7. The molecule has 2 heterocycles. The first-order valence-corrected chi connectivity index (χ1v) is 11.3. The maximum Gasteiger partial charge on any atom is 0.274 e. The molecule has 6 N–H and O–H groups in total. The molecular formula is C25H26N6O3. The number of nitrogens with one attached hydrogen (secondary N) is 3. The number of nitrogens with zero attached hydrogens (tertiary/aromatic N) is 2. The summed E-state index contributed by atoms with van der Waals surface area (Å²) < 4.78 is 0. The molecule has 0 unspecified atom stereocenters.